The summed E-state index contributed by atoms with van der Waals surface area (Å²) in [7, 11) is 1.27. The highest BCUT2D eigenvalue weighted by Crippen LogP contribution is 2.19. The van der Waals surface area contributed by atoms with Crippen molar-refractivity contribution in [1.82, 2.24) is 0 Å². The lowest BCUT2D eigenvalue weighted by Gasteiger charge is -2.05. The van der Waals surface area contributed by atoms with Crippen LogP contribution < -0.4 is 5.32 Å². The number of nitrogens with one attached hydrogen (secondary N) is 1. The standard InChI is InChI=1S/C14H13F2NO3/c1-8-11(14(18)19-2)6-10(20-8)7-17-13-5-9(15)3-4-12(13)16/h3-6,17H,7H2,1-2H3. The predicted octanol–water partition coefficient (Wildman–Crippen LogP) is 3.26. The Balaban J connectivity index is 2.11. The van der Waals surface area contributed by atoms with Crippen molar-refractivity contribution in [3.05, 3.63) is 53.0 Å². The summed E-state index contributed by atoms with van der Waals surface area (Å²) in [5.41, 5.74) is 0.336. The van der Waals surface area contributed by atoms with Crippen molar-refractivity contribution >= 4 is 11.7 Å². The summed E-state index contributed by atoms with van der Waals surface area (Å²) in [6.45, 7) is 1.75. The second-order valence-corrected chi connectivity index (χ2v) is 4.15. The van der Waals surface area contributed by atoms with Crippen molar-refractivity contribution in [3.8, 4) is 0 Å². The topological polar surface area (TPSA) is 51.5 Å². The minimum Gasteiger partial charge on any atom is -0.465 e. The van der Waals surface area contributed by atoms with Gasteiger partial charge in [-0.15, -0.1) is 0 Å². The largest absolute Gasteiger partial charge is 0.465 e. The predicted molar refractivity (Wildman–Crippen MR) is 68.5 cm³/mol. The second kappa shape index (κ2) is 5.73. The van der Waals surface area contributed by atoms with E-state index in [9.17, 15) is 13.6 Å². The Labute approximate surface area is 114 Å². The summed E-state index contributed by atoms with van der Waals surface area (Å²) in [5.74, 6) is -0.781. The van der Waals surface area contributed by atoms with E-state index in [0.717, 1.165) is 18.2 Å². The van der Waals surface area contributed by atoms with Gasteiger partial charge in [-0.05, 0) is 31.2 Å². The fourth-order valence-electron chi connectivity index (χ4n) is 1.76. The van der Waals surface area contributed by atoms with Crippen LogP contribution in [0.4, 0.5) is 14.5 Å². The van der Waals surface area contributed by atoms with Gasteiger partial charge in [-0.2, -0.15) is 0 Å². The van der Waals surface area contributed by atoms with Crippen LogP contribution >= 0.6 is 0 Å². The van der Waals surface area contributed by atoms with Gasteiger partial charge >= 0.3 is 5.97 Å². The zero-order valence-corrected chi connectivity index (χ0v) is 11.0. The quantitative estimate of drug-likeness (QED) is 0.874. The Morgan fingerprint density at radius 3 is 2.80 bits per heavy atom. The summed E-state index contributed by atoms with van der Waals surface area (Å²) in [6.07, 6.45) is 0. The van der Waals surface area contributed by atoms with E-state index >= 15 is 0 Å². The number of anilines is 1. The van der Waals surface area contributed by atoms with Gasteiger partial charge in [0.2, 0.25) is 0 Å². The van der Waals surface area contributed by atoms with Gasteiger partial charge in [-0.1, -0.05) is 0 Å². The summed E-state index contributed by atoms with van der Waals surface area (Å²) in [4.78, 5) is 11.4. The maximum Gasteiger partial charge on any atom is 0.341 e. The number of rotatable bonds is 4. The van der Waals surface area contributed by atoms with Crippen molar-refractivity contribution < 1.29 is 22.7 Å². The summed E-state index contributed by atoms with van der Waals surface area (Å²) < 4.78 is 36.4. The maximum absolute atomic E-state index is 13.4. The molecule has 0 fully saturated rings. The highest BCUT2D eigenvalue weighted by molar-refractivity contribution is 5.90. The van der Waals surface area contributed by atoms with Crippen LogP contribution in [-0.2, 0) is 11.3 Å². The van der Waals surface area contributed by atoms with Crippen molar-refractivity contribution in [2.24, 2.45) is 0 Å². The number of esters is 1. The van der Waals surface area contributed by atoms with E-state index in [0.29, 0.717) is 17.1 Å². The number of carbonyl (C=O) groups excluding carboxylic acids is 1. The SMILES string of the molecule is COC(=O)c1cc(CNc2cc(F)ccc2F)oc1C. The Kier molecular flexibility index (Phi) is 4.02. The molecule has 0 saturated carbocycles. The van der Waals surface area contributed by atoms with Crippen LogP contribution in [0, 0.1) is 18.6 Å². The van der Waals surface area contributed by atoms with Crippen LogP contribution in [-0.4, -0.2) is 13.1 Å². The van der Waals surface area contributed by atoms with Crippen LogP contribution in [0.15, 0.2) is 28.7 Å². The monoisotopic (exact) mass is 281 g/mol. The number of benzene rings is 1. The van der Waals surface area contributed by atoms with Crippen molar-refractivity contribution in [2.45, 2.75) is 13.5 Å². The third-order valence-electron chi connectivity index (χ3n) is 2.76. The number of carbonyl (C=O) groups is 1. The number of hydrogen-bond donors (Lipinski definition) is 1. The molecule has 0 unspecified atom stereocenters. The fraction of sp³-hybridized carbons (Fsp3) is 0.214. The Morgan fingerprint density at radius 2 is 2.10 bits per heavy atom. The van der Waals surface area contributed by atoms with Crippen LogP contribution in [0.3, 0.4) is 0 Å². The molecule has 1 N–H and O–H groups in total. The van der Waals surface area contributed by atoms with Crippen molar-refractivity contribution in [3.63, 3.8) is 0 Å². The Morgan fingerprint density at radius 1 is 1.35 bits per heavy atom. The molecule has 0 spiro atoms. The third kappa shape index (κ3) is 2.96. The lowest BCUT2D eigenvalue weighted by atomic mass is 10.2. The molecular formula is C14H13F2NO3. The molecule has 106 valence electrons. The lowest BCUT2D eigenvalue weighted by Crippen LogP contribution is -2.02. The average molecular weight is 281 g/mol. The van der Waals surface area contributed by atoms with E-state index in [4.69, 9.17) is 4.42 Å². The van der Waals surface area contributed by atoms with Gasteiger partial charge in [0.25, 0.3) is 0 Å². The first-order valence-corrected chi connectivity index (χ1v) is 5.88. The van der Waals surface area contributed by atoms with Crippen LogP contribution in [0.25, 0.3) is 0 Å². The maximum atomic E-state index is 13.4. The number of methoxy groups -OCH3 is 1. The van der Waals surface area contributed by atoms with Gasteiger partial charge in [0.1, 0.15) is 28.7 Å². The molecule has 1 aromatic carbocycles. The molecule has 2 rings (SSSR count). The Hall–Kier alpha value is -2.37. The van der Waals surface area contributed by atoms with Crippen LogP contribution in [0.2, 0.25) is 0 Å². The molecule has 1 heterocycles. The number of halogens is 2. The zero-order chi connectivity index (χ0) is 14.7. The van der Waals surface area contributed by atoms with Gasteiger partial charge in [-0.25, -0.2) is 13.6 Å². The molecule has 0 radical (unpaired) electrons. The highest BCUT2D eigenvalue weighted by Gasteiger charge is 2.15. The van der Waals surface area contributed by atoms with E-state index in [1.807, 2.05) is 0 Å². The molecular weight excluding hydrogens is 268 g/mol. The molecule has 0 aliphatic carbocycles. The van der Waals surface area contributed by atoms with E-state index in [-0.39, 0.29) is 12.2 Å². The zero-order valence-electron chi connectivity index (χ0n) is 11.0. The molecule has 0 bridgehead atoms. The molecule has 0 aliphatic heterocycles. The van der Waals surface area contributed by atoms with Gasteiger partial charge in [0.15, 0.2) is 0 Å². The molecule has 6 heteroatoms. The lowest BCUT2D eigenvalue weighted by molar-refractivity contribution is 0.0599. The molecule has 0 aliphatic rings. The summed E-state index contributed by atoms with van der Waals surface area (Å²) in [6, 6.07) is 4.62. The van der Waals surface area contributed by atoms with E-state index < -0.39 is 17.6 Å². The minimum absolute atomic E-state index is 0.0265. The van der Waals surface area contributed by atoms with Gasteiger partial charge in [0, 0.05) is 0 Å². The van der Waals surface area contributed by atoms with Gasteiger partial charge < -0.3 is 14.5 Å². The summed E-state index contributed by atoms with van der Waals surface area (Å²) in [5, 5.41) is 2.71. The van der Waals surface area contributed by atoms with Crippen molar-refractivity contribution in [1.29, 1.82) is 0 Å². The number of furan rings is 1. The van der Waals surface area contributed by atoms with Crippen molar-refractivity contribution in [2.75, 3.05) is 12.4 Å². The van der Waals surface area contributed by atoms with Crippen LogP contribution in [0.5, 0.6) is 0 Å². The first-order chi connectivity index (χ1) is 9.51. The van der Waals surface area contributed by atoms with E-state index in [2.05, 4.69) is 10.1 Å². The Bertz CT molecular complexity index is 637. The number of ether oxygens (including phenoxy) is 1. The molecule has 0 amide bonds. The fourth-order valence-corrected chi connectivity index (χ4v) is 1.76. The molecule has 20 heavy (non-hydrogen) atoms. The molecule has 1 aromatic heterocycles. The van der Waals surface area contributed by atoms with E-state index in [1.54, 1.807) is 6.92 Å². The smallest absolute Gasteiger partial charge is 0.341 e. The average Bonchev–Trinajstić information content (AvgIpc) is 2.80. The van der Waals surface area contributed by atoms with Crippen LogP contribution in [0.1, 0.15) is 21.9 Å². The normalized spacial score (nSPS) is 10.4. The number of hydrogen-bond acceptors (Lipinski definition) is 4. The summed E-state index contributed by atoms with van der Waals surface area (Å²) >= 11 is 0. The minimum atomic E-state index is -0.567. The third-order valence-corrected chi connectivity index (χ3v) is 2.76. The highest BCUT2D eigenvalue weighted by atomic mass is 19.1. The van der Waals surface area contributed by atoms with Gasteiger partial charge in [-0.3, -0.25) is 0 Å². The molecule has 2 aromatic rings. The molecule has 0 saturated heterocycles. The van der Waals surface area contributed by atoms with E-state index in [1.165, 1.54) is 13.2 Å². The van der Waals surface area contributed by atoms with Gasteiger partial charge in [0.05, 0.1) is 19.3 Å². The molecule has 4 nitrogen and oxygen atoms in total. The first kappa shape index (κ1) is 14.0. The second-order valence-electron chi connectivity index (χ2n) is 4.15. The molecule has 0 atom stereocenters. The number of aryl methyl sites for hydroxylation is 1. The first-order valence-electron chi connectivity index (χ1n) is 5.88.